The zero-order valence-corrected chi connectivity index (χ0v) is 13.5. The molecule has 108 valence electrons. The first-order valence-electron chi connectivity index (χ1n) is 6.20. The lowest BCUT2D eigenvalue weighted by atomic mass is 10.4. The maximum Gasteiger partial charge on any atom is 0.323 e. The van der Waals surface area contributed by atoms with Gasteiger partial charge in [0, 0.05) is 0 Å². The molecule has 0 amide bonds. The van der Waals surface area contributed by atoms with Gasteiger partial charge in [0.25, 0.3) is 0 Å². The molecular weight excluding hydrogens is 272 g/mol. The smallest absolute Gasteiger partial charge is 0.323 e. The Hall–Kier alpha value is -1.97. The molecule has 0 atom stereocenters. The molecule has 0 heterocycles. The van der Waals surface area contributed by atoms with Gasteiger partial charge in [0.05, 0.1) is 26.5 Å². The number of benzene rings is 1. The third kappa shape index (κ3) is 3.13. The molecule has 20 heavy (non-hydrogen) atoms. The van der Waals surface area contributed by atoms with Gasteiger partial charge in [0.1, 0.15) is 14.0 Å². The molecule has 0 aliphatic carbocycles. The molecule has 1 rings (SSSR count). The standard InChI is InChI=1S/C15H20O4Si/c1-17-14(15(18-2)19-3)13(11-16)20(4,5)12-9-7-6-8-10-12/h6-10H,1-5H3. The summed E-state index contributed by atoms with van der Waals surface area (Å²) in [6.07, 6.45) is 0. The molecule has 0 saturated carbocycles. The van der Waals surface area contributed by atoms with Gasteiger partial charge in [0.2, 0.25) is 5.76 Å². The molecule has 0 radical (unpaired) electrons. The molecule has 0 saturated heterocycles. The van der Waals surface area contributed by atoms with Crippen molar-refractivity contribution in [3.05, 3.63) is 47.2 Å². The van der Waals surface area contributed by atoms with Gasteiger partial charge in [-0.2, -0.15) is 0 Å². The van der Waals surface area contributed by atoms with Crippen LogP contribution in [0.4, 0.5) is 0 Å². The summed E-state index contributed by atoms with van der Waals surface area (Å²) in [5.41, 5.74) is 0. The summed E-state index contributed by atoms with van der Waals surface area (Å²) in [5.74, 6) is 2.52. The van der Waals surface area contributed by atoms with Crippen molar-refractivity contribution in [3.63, 3.8) is 0 Å². The van der Waals surface area contributed by atoms with Crippen LogP contribution >= 0.6 is 0 Å². The summed E-state index contributed by atoms with van der Waals surface area (Å²) in [6.45, 7) is 4.12. The van der Waals surface area contributed by atoms with Crippen molar-refractivity contribution in [2.45, 2.75) is 13.1 Å². The molecule has 1 aromatic rings. The van der Waals surface area contributed by atoms with Crippen LogP contribution < -0.4 is 5.19 Å². The molecule has 0 aliphatic heterocycles. The molecule has 0 unspecified atom stereocenters. The largest absolute Gasteiger partial charge is 0.490 e. The molecule has 4 nitrogen and oxygen atoms in total. The summed E-state index contributed by atoms with van der Waals surface area (Å²) in [7, 11) is 2.19. The van der Waals surface area contributed by atoms with Crippen molar-refractivity contribution in [2.75, 3.05) is 21.3 Å². The number of methoxy groups -OCH3 is 3. The lowest BCUT2D eigenvalue weighted by Crippen LogP contribution is -2.45. The summed E-state index contributed by atoms with van der Waals surface area (Å²) in [6, 6.07) is 9.87. The van der Waals surface area contributed by atoms with E-state index in [2.05, 4.69) is 13.1 Å². The minimum absolute atomic E-state index is 0.183. The molecule has 0 aliphatic rings. The monoisotopic (exact) mass is 292 g/mol. The molecular formula is C15H20O4Si. The average Bonchev–Trinajstić information content (AvgIpc) is 2.48. The number of ether oxygens (including phenoxy) is 3. The topological polar surface area (TPSA) is 44.8 Å². The van der Waals surface area contributed by atoms with E-state index in [1.165, 1.54) is 21.3 Å². The van der Waals surface area contributed by atoms with E-state index < -0.39 is 8.07 Å². The van der Waals surface area contributed by atoms with Crippen molar-refractivity contribution in [2.24, 2.45) is 0 Å². The van der Waals surface area contributed by atoms with E-state index in [4.69, 9.17) is 14.2 Å². The Morgan fingerprint density at radius 3 is 1.95 bits per heavy atom. The van der Waals surface area contributed by atoms with Crippen molar-refractivity contribution in [3.8, 4) is 0 Å². The molecule has 1 aromatic carbocycles. The normalized spacial score (nSPS) is 10.2. The zero-order chi connectivity index (χ0) is 15.2. The molecule has 0 fully saturated rings. The van der Waals surface area contributed by atoms with Crippen LogP contribution in [0.5, 0.6) is 0 Å². The molecule has 0 bridgehead atoms. The third-order valence-electron chi connectivity index (χ3n) is 3.21. The van der Waals surface area contributed by atoms with Gasteiger partial charge in [-0.3, -0.25) is 0 Å². The predicted molar refractivity (Wildman–Crippen MR) is 80.8 cm³/mol. The Kier molecular flexibility index (Phi) is 5.61. The Labute approximate surface area is 120 Å². The van der Waals surface area contributed by atoms with E-state index >= 15 is 0 Å². The first-order valence-corrected chi connectivity index (χ1v) is 9.20. The quantitative estimate of drug-likeness (QED) is 0.348. The highest BCUT2D eigenvalue weighted by Crippen LogP contribution is 2.24. The Morgan fingerprint density at radius 1 is 1.00 bits per heavy atom. The van der Waals surface area contributed by atoms with Gasteiger partial charge < -0.3 is 14.2 Å². The van der Waals surface area contributed by atoms with E-state index in [0.717, 1.165) is 5.19 Å². The molecule has 0 spiro atoms. The van der Waals surface area contributed by atoms with E-state index in [1.54, 1.807) is 0 Å². The maximum atomic E-state index is 11.5. The highest BCUT2D eigenvalue weighted by atomic mass is 28.3. The van der Waals surface area contributed by atoms with Crippen LogP contribution in [0.25, 0.3) is 0 Å². The fraction of sp³-hybridized carbons (Fsp3) is 0.333. The number of allylic oxidation sites excluding steroid dienone is 1. The van der Waals surface area contributed by atoms with Crippen LogP contribution in [-0.2, 0) is 19.0 Å². The van der Waals surface area contributed by atoms with Crippen molar-refractivity contribution >= 4 is 19.2 Å². The molecule has 5 heteroatoms. The van der Waals surface area contributed by atoms with Crippen LogP contribution in [0.15, 0.2) is 47.2 Å². The molecule has 0 aromatic heterocycles. The van der Waals surface area contributed by atoms with Crippen molar-refractivity contribution < 1.29 is 19.0 Å². The summed E-state index contributed by atoms with van der Waals surface area (Å²) >= 11 is 0. The van der Waals surface area contributed by atoms with Gasteiger partial charge >= 0.3 is 5.95 Å². The molecule has 0 N–H and O–H groups in total. The third-order valence-corrected chi connectivity index (χ3v) is 6.57. The fourth-order valence-corrected chi connectivity index (χ4v) is 4.35. The summed E-state index contributed by atoms with van der Waals surface area (Å²) in [5, 5.41) is 1.59. The van der Waals surface area contributed by atoms with Crippen LogP contribution in [0.2, 0.25) is 13.1 Å². The van der Waals surface area contributed by atoms with Gasteiger partial charge in [-0.25, -0.2) is 4.79 Å². The second-order valence-electron chi connectivity index (χ2n) is 4.70. The van der Waals surface area contributed by atoms with Crippen LogP contribution in [0.1, 0.15) is 0 Å². The number of hydrogen-bond donors (Lipinski definition) is 0. The fourth-order valence-electron chi connectivity index (χ4n) is 2.01. The highest BCUT2D eigenvalue weighted by Gasteiger charge is 2.35. The zero-order valence-electron chi connectivity index (χ0n) is 12.5. The summed E-state index contributed by atoms with van der Waals surface area (Å²) in [4.78, 5) is 11.5. The van der Waals surface area contributed by atoms with E-state index in [0.29, 0.717) is 11.0 Å². The lowest BCUT2D eigenvalue weighted by Gasteiger charge is -2.25. The van der Waals surface area contributed by atoms with Crippen LogP contribution in [-0.4, -0.2) is 35.3 Å². The highest BCUT2D eigenvalue weighted by molar-refractivity contribution is 6.97. The Morgan fingerprint density at radius 2 is 1.55 bits per heavy atom. The van der Waals surface area contributed by atoms with Crippen LogP contribution in [0.3, 0.4) is 0 Å². The average molecular weight is 292 g/mol. The maximum absolute atomic E-state index is 11.5. The minimum Gasteiger partial charge on any atom is -0.490 e. The van der Waals surface area contributed by atoms with Crippen molar-refractivity contribution in [1.29, 1.82) is 0 Å². The van der Waals surface area contributed by atoms with E-state index in [-0.39, 0.29) is 5.95 Å². The van der Waals surface area contributed by atoms with Gasteiger partial charge in [0.15, 0.2) is 0 Å². The second-order valence-corrected chi connectivity index (χ2v) is 9.02. The lowest BCUT2D eigenvalue weighted by molar-refractivity contribution is 0.0720. The minimum atomic E-state index is -2.24. The Balaban J connectivity index is 3.40. The Bertz CT molecular complexity index is 522. The van der Waals surface area contributed by atoms with Gasteiger partial charge in [-0.15, -0.1) is 0 Å². The van der Waals surface area contributed by atoms with E-state index in [1.807, 2.05) is 36.3 Å². The number of hydrogen-bond acceptors (Lipinski definition) is 4. The van der Waals surface area contributed by atoms with E-state index in [9.17, 15) is 4.79 Å². The second kappa shape index (κ2) is 6.98. The van der Waals surface area contributed by atoms with Gasteiger partial charge in [-0.05, 0) is 0 Å². The summed E-state index contributed by atoms with van der Waals surface area (Å²) < 4.78 is 15.6. The number of carbonyl (C=O) groups excluding carboxylic acids is 1. The first-order chi connectivity index (χ1) is 9.52. The van der Waals surface area contributed by atoms with Crippen LogP contribution in [0, 0.1) is 0 Å². The predicted octanol–water partition coefficient (Wildman–Crippen LogP) is 2.01. The van der Waals surface area contributed by atoms with Crippen molar-refractivity contribution in [1.82, 2.24) is 0 Å². The number of rotatable bonds is 6. The SMILES string of the molecule is COC(OC)=C(OC)C(=C=O)[Si](C)(C)c1ccccc1. The van der Waals surface area contributed by atoms with Gasteiger partial charge in [-0.1, -0.05) is 48.6 Å². The first kappa shape index (κ1) is 16.1.